The van der Waals surface area contributed by atoms with Crippen molar-refractivity contribution >= 4 is 12.8 Å². The molecule has 0 aromatic carbocycles. The number of rotatable bonds is 4. The molecule has 0 spiro atoms. The summed E-state index contributed by atoms with van der Waals surface area (Å²) in [6, 6.07) is 5.08. The Morgan fingerprint density at radius 2 is 1.83 bits per heavy atom. The molecule has 5 heteroatoms. The largest absolute Gasteiger partial charge is 0.494 e. The van der Waals surface area contributed by atoms with Gasteiger partial charge in [0.05, 0.1) is 11.2 Å². The van der Waals surface area contributed by atoms with E-state index in [2.05, 4.69) is 6.58 Å². The summed E-state index contributed by atoms with van der Waals surface area (Å²) in [4.78, 5) is 11.9. The second-order valence-electron chi connectivity index (χ2n) is 6.69. The van der Waals surface area contributed by atoms with Crippen molar-refractivity contribution in [1.82, 2.24) is 4.57 Å². The lowest BCUT2D eigenvalue weighted by Crippen LogP contribution is -2.41. The Kier molecular flexibility index (Phi) is 4.83. The molecule has 0 amide bonds. The lowest BCUT2D eigenvalue weighted by Gasteiger charge is -2.32. The van der Waals surface area contributed by atoms with Gasteiger partial charge in [-0.25, -0.2) is 0 Å². The van der Waals surface area contributed by atoms with Gasteiger partial charge in [0, 0.05) is 18.0 Å². The molecule has 0 unspecified atom stereocenters. The summed E-state index contributed by atoms with van der Waals surface area (Å²) < 4.78 is 13.7. The zero-order valence-corrected chi connectivity index (χ0v) is 14.5. The standard InChI is InChI=1S/C18H24BNO3/c1-7-10-15(19-22-17(3,4)18(5,6)23-19)13-14(2)20-12-9-8-11-16(20)21/h7-13H,1H2,2-6H3. The Morgan fingerprint density at radius 3 is 2.35 bits per heavy atom. The molecular weight excluding hydrogens is 289 g/mol. The van der Waals surface area contributed by atoms with Gasteiger partial charge in [-0.3, -0.25) is 9.36 Å². The zero-order valence-electron chi connectivity index (χ0n) is 14.5. The Labute approximate surface area is 138 Å². The Bertz CT molecular complexity index is 697. The molecule has 1 aromatic heterocycles. The fourth-order valence-electron chi connectivity index (χ4n) is 2.34. The molecule has 2 heterocycles. The van der Waals surface area contributed by atoms with E-state index in [1.165, 1.54) is 6.07 Å². The second-order valence-corrected chi connectivity index (χ2v) is 6.69. The highest BCUT2D eigenvalue weighted by Crippen LogP contribution is 2.38. The molecule has 0 atom stereocenters. The van der Waals surface area contributed by atoms with Crippen LogP contribution in [0.5, 0.6) is 0 Å². The summed E-state index contributed by atoms with van der Waals surface area (Å²) in [6.07, 6.45) is 7.17. The van der Waals surface area contributed by atoms with Crippen LogP contribution >= 0.6 is 0 Å². The molecule has 1 fully saturated rings. The van der Waals surface area contributed by atoms with E-state index in [4.69, 9.17) is 9.31 Å². The fourth-order valence-corrected chi connectivity index (χ4v) is 2.34. The minimum absolute atomic E-state index is 0.0758. The van der Waals surface area contributed by atoms with Crippen molar-refractivity contribution in [3.8, 4) is 0 Å². The fraction of sp³-hybridized carbons (Fsp3) is 0.389. The van der Waals surface area contributed by atoms with Crippen molar-refractivity contribution < 1.29 is 9.31 Å². The second kappa shape index (κ2) is 6.34. The number of nitrogens with zero attached hydrogens (tertiary/aromatic N) is 1. The molecule has 23 heavy (non-hydrogen) atoms. The van der Waals surface area contributed by atoms with Crippen molar-refractivity contribution in [2.45, 2.75) is 45.8 Å². The van der Waals surface area contributed by atoms with Gasteiger partial charge in [0.15, 0.2) is 0 Å². The lowest BCUT2D eigenvalue weighted by atomic mass is 9.77. The average Bonchev–Trinajstić information content (AvgIpc) is 2.67. The Balaban J connectivity index is 2.37. The Hall–Kier alpha value is -1.85. The third-order valence-electron chi connectivity index (χ3n) is 4.41. The van der Waals surface area contributed by atoms with Crippen molar-refractivity contribution in [3.05, 3.63) is 65.0 Å². The SMILES string of the molecule is C=CC=C(C=C(C)n1ccccc1=O)B1OC(C)(C)C(C)(C)O1. The van der Waals surface area contributed by atoms with Crippen LogP contribution in [0.25, 0.3) is 5.70 Å². The molecule has 0 N–H and O–H groups in total. The number of pyridine rings is 1. The molecule has 0 bridgehead atoms. The van der Waals surface area contributed by atoms with Gasteiger partial charge in [-0.05, 0) is 52.2 Å². The van der Waals surface area contributed by atoms with Crippen molar-refractivity contribution in [3.63, 3.8) is 0 Å². The van der Waals surface area contributed by atoms with Gasteiger partial charge < -0.3 is 9.31 Å². The number of hydrogen-bond donors (Lipinski definition) is 0. The molecule has 122 valence electrons. The molecule has 0 saturated carbocycles. The number of allylic oxidation sites excluding steroid dienone is 5. The summed E-state index contributed by atoms with van der Waals surface area (Å²) in [6.45, 7) is 13.7. The van der Waals surface area contributed by atoms with Gasteiger partial charge in [-0.15, -0.1) is 0 Å². The van der Waals surface area contributed by atoms with E-state index in [0.29, 0.717) is 0 Å². The third-order valence-corrected chi connectivity index (χ3v) is 4.41. The van der Waals surface area contributed by atoms with E-state index < -0.39 is 18.3 Å². The van der Waals surface area contributed by atoms with E-state index in [0.717, 1.165) is 11.2 Å². The van der Waals surface area contributed by atoms with E-state index in [1.807, 2.05) is 52.8 Å². The van der Waals surface area contributed by atoms with Gasteiger partial charge in [0.2, 0.25) is 0 Å². The van der Waals surface area contributed by atoms with Crippen LogP contribution in [0.4, 0.5) is 0 Å². The van der Waals surface area contributed by atoms with E-state index in [1.54, 1.807) is 22.9 Å². The first kappa shape index (κ1) is 17.5. The van der Waals surface area contributed by atoms with Crippen LogP contribution in [-0.4, -0.2) is 22.9 Å². The van der Waals surface area contributed by atoms with Crippen LogP contribution in [0, 0.1) is 0 Å². The van der Waals surface area contributed by atoms with E-state index in [-0.39, 0.29) is 5.56 Å². The lowest BCUT2D eigenvalue weighted by molar-refractivity contribution is 0.00578. The molecule has 1 aromatic rings. The maximum Gasteiger partial charge on any atom is 0.494 e. The number of aromatic nitrogens is 1. The van der Waals surface area contributed by atoms with Gasteiger partial charge in [0.25, 0.3) is 5.56 Å². The molecule has 1 saturated heterocycles. The third kappa shape index (κ3) is 3.57. The van der Waals surface area contributed by atoms with Crippen LogP contribution in [-0.2, 0) is 9.31 Å². The van der Waals surface area contributed by atoms with Crippen LogP contribution in [0.2, 0.25) is 0 Å². The van der Waals surface area contributed by atoms with Gasteiger partial charge >= 0.3 is 7.12 Å². The van der Waals surface area contributed by atoms with Crippen LogP contribution < -0.4 is 5.56 Å². The van der Waals surface area contributed by atoms with Crippen molar-refractivity contribution in [1.29, 1.82) is 0 Å². The van der Waals surface area contributed by atoms with E-state index >= 15 is 0 Å². The minimum atomic E-state index is -0.493. The summed E-state index contributed by atoms with van der Waals surface area (Å²) in [5.41, 5.74) is 0.713. The molecule has 0 radical (unpaired) electrons. The normalized spacial score (nSPS) is 20.7. The highest BCUT2D eigenvalue weighted by atomic mass is 16.7. The van der Waals surface area contributed by atoms with Gasteiger partial charge in [0.1, 0.15) is 0 Å². The highest BCUT2D eigenvalue weighted by Gasteiger charge is 2.52. The first-order valence-corrected chi connectivity index (χ1v) is 7.72. The summed E-state index contributed by atoms with van der Waals surface area (Å²) in [5, 5.41) is 0. The van der Waals surface area contributed by atoms with Crippen molar-refractivity contribution in [2.24, 2.45) is 0 Å². The molecule has 4 nitrogen and oxygen atoms in total. The minimum Gasteiger partial charge on any atom is -0.399 e. The van der Waals surface area contributed by atoms with Gasteiger partial charge in [-0.2, -0.15) is 0 Å². The monoisotopic (exact) mass is 313 g/mol. The predicted molar refractivity (Wildman–Crippen MR) is 95.0 cm³/mol. The highest BCUT2D eigenvalue weighted by molar-refractivity contribution is 6.55. The zero-order chi connectivity index (χ0) is 17.3. The van der Waals surface area contributed by atoms with E-state index in [9.17, 15) is 4.79 Å². The summed E-state index contributed by atoms with van der Waals surface area (Å²) >= 11 is 0. The molecule has 1 aliphatic rings. The smallest absolute Gasteiger partial charge is 0.399 e. The van der Waals surface area contributed by atoms with Crippen molar-refractivity contribution in [2.75, 3.05) is 0 Å². The van der Waals surface area contributed by atoms with Crippen LogP contribution in [0.1, 0.15) is 34.6 Å². The first-order valence-electron chi connectivity index (χ1n) is 7.72. The maximum atomic E-state index is 11.9. The number of hydrogen-bond acceptors (Lipinski definition) is 3. The molecule has 0 aliphatic carbocycles. The summed E-state index contributed by atoms with van der Waals surface area (Å²) in [5.74, 6) is 0. The first-order chi connectivity index (χ1) is 10.7. The van der Waals surface area contributed by atoms with Gasteiger partial charge in [-0.1, -0.05) is 24.8 Å². The predicted octanol–water partition coefficient (Wildman–Crippen LogP) is 3.45. The average molecular weight is 313 g/mol. The summed E-state index contributed by atoms with van der Waals surface area (Å²) in [7, 11) is -0.493. The molecule has 2 rings (SSSR count). The quantitative estimate of drug-likeness (QED) is 0.631. The topological polar surface area (TPSA) is 40.5 Å². The molecule has 1 aliphatic heterocycles. The van der Waals surface area contributed by atoms with Crippen LogP contribution in [0.15, 0.2) is 59.5 Å². The Morgan fingerprint density at radius 1 is 1.22 bits per heavy atom. The maximum absolute atomic E-state index is 11.9. The van der Waals surface area contributed by atoms with Crippen LogP contribution in [0.3, 0.4) is 0 Å². The molecular formula is C18H24BNO3.